The molecule has 0 aliphatic heterocycles. The molecule has 0 heterocycles. The van der Waals surface area contributed by atoms with E-state index in [-0.39, 0.29) is 24.2 Å². The van der Waals surface area contributed by atoms with E-state index in [9.17, 15) is 19.2 Å². The summed E-state index contributed by atoms with van der Waals surface area (Å²) in [5, 5.41) is 1.84. The molecule has 1 aromatic rings. The second-order valence-electron chi connectivity index (χ2n) is 7.81. The minimum atomic E-state index is -1.03. The Hall–Kier alpha value is -2.55. The lowest BCUT2D eigenvalue weighted by Crippen LogP contribution is -2.45. The van der Waals surface area contributed by atoms with Crippen molar-refractivity contribution in [1.29, 1.82) is 0 Å². The first kappa shape index (κ1) is 25.5. The van der Waals surface area contributed by atoms with Crippen LogP contribution in [0.15, 0.2) is 30.3 Å². The van der Waals surface area contributed by atoms with Gasteiger partial charge in [0.2, 0.25) is 12.7 Å². The van der Waals surface area contributed by atoms with Crippen molar-refractivity contribution in [2.45, 2.75) is 47.3 Å². The van der Waals surface area contributed by atoms with E-state index in [1.807, 2.05) is 18.2 Å². The second-order valence-corrected chi connectivity index (χ2v) is 8.77. The number of nitrogens with one attached hydrogen (secondary N) is 1. The molecule has 0 aliphatic rings. The molecule has 0 radical (unpaired) electrons. The monoisotopic (exact) mass is 439 g/mol. The summed E-state index contributed by atoms with van der Waals surface area (Å²) in [5.41, 5.74) is 0.0846. The zero-order valence-electron chi connectivity index (χ0n) is 17.9. The molecule has 0 aromatic heterocycles. The predicted molar refractivity (Wildman–Crippen MR) is 112 cm³/mol. The van der Waals surface area contributed by atoms with Gasteiger partial charge in [-0.25, -0.2) is 9.59 Å². The highest BCUT2D eigenvalue weighted by Crippen LogP contribution is 2.16. The standard InChI is InChI=1S/C21H29NO7S/c1-14(2)17(23)22-16(18(24)27-11-15-9-7-6-8-10-15)12-30-20(26)29-13-28-19(25)21(3,4)5/h6-10,14,16H,11-13H2,1-5H3,(H,22,23)/t16-/m0/s1. The number of amides is 1. The van der Waals surface area contributed by atoms with Gasteiger partial charge in [0, 0.05) is 11.7 Å². The Kier molecular flexibility index (Phi) is 10.4. The van der Waals surface area contributed by atoms with Crippen LogP contribution in [0.2, 0.25) is 0 Å². The number of hydrogen-bond donors (Lipinski definition) is 1. The average Bonchev–Trinajstić information content (AvgIpc) is 2.68. The molecular formula is C21H29NO7S. The highest BCUT2D eigenvalue weighted by Gasteiger charge is 2.26. The first-order valence-electron chi connectivity index (χ1n) is 9.48. The van der Waals surface area contributed by atoms with E-state index < -0.39 is 35.5 Å². The van der Waals surface area contributed by atoms with E-state index in [0.717, 1.165) is 5.56 Å². The smallest absolute Gasteiger partial charge is 0.370 e. The van der Waals surface area contributed by atoms with E-state index in [1.165, 1.54) is 0 Å². The van der Waals surface area contributed by atoms with E-state index in [4.69, 9.17) is 14.2 Å². The number of hydrogen-bond acceptors (Lipinski definition) is 8. The van der Waals surface area contributed by atoms with E-state index in [1.54, 1.807) is 46.8 Å². The maximum Gasteiger partial charge on any atom is 0.370 e. The number of thioether (sulfide) groups is 1. The van der Waals surface area contributed by atoms with Gasteiger partial charge < -0.3 is 19.5 Å². The lowest BCUT2D eigenvalue weighted by molar-refractivity contribution is -0.160. The molecule has 0 aliphatic carbocycles. The molecule has 0 bridgehead atoms. The van der Waals surface area contributed by atoms with Gasteiger partial charge in [-0.3, -0.25) is 9.59 Å². The highest BCUT2D eigenvalue weighted by molar-refractivity contribution is 8.13. The lowest BCUT2D eigenvalue weighted by atomic mass is 9.98. The number of carbonyl (C=O) groups excluding carboxylic acids is 4. The summed E-state index contributed by atoms with van der Waals surface area (Å²) in [4.78, 5) is 48.0. The molecule has 0 unspecified atom stereocenters. The van der Waals surface area contributed by atoms with Crippen LogP contribution in [-0.2, 0) is 35.2 Å². The van der Waals surface area contributed by atoms with Gasteiger partial charge in [-0.15, -0.1) is 0 Å². The number of esters is 2. The molecule has 166 valence electrons. The maximum absolute atomic E-state index is 12.4. The molecule has 0 saturated heterocycles. The van der Waals surface area contributed by atoms with Crippen LogP contribution in [0.3, 0.4) is 0 Å². The number of ether oxygens (including phenoxy) is 3. The van der Waals surface area contributed by atoms with Gasteiger partial charge >= 0.3 is 17.2 Å². The maximum atomic E-state index is 12.4. The molecular weight excluding hydrogens is 410 g/mol. The second kappa shape index (κ2) is 12.2. The Bertz CT molecular complexity index is 729. The van der Waals surface area contributed by atoms with Crippen molar-refractivity contribution in [2.24, 2.45) is 11.3 Å². The van der Waals surface area contributed by atoms with Gasteiger partial charge in [0.1, 0.15) is 12.6 Å². The van der Waals surface area contributed by atoms with Crippen LogP contribution >= 0.6 is 11.8 Å². The summed E-state index contributed by atoms with van der Waals surface area (Å²) in [6.07, 6.45) is 0. The summed E-state index contributed by atoms with van der Waals surface area (Å²) in [5.74, 6) is -1.94. The zero-order valence-corrected chi connectivity index (χ0v) is 18.7. The van der Waals surface area contributed by atoms with Gasteiger partial charge in [0.25, 0.3) is 0 Å². The normalized spacial score (nSPS) is 12.1. The van der Waals surface area contributed by atoms with Gasteiger partial charge in [0.15, 0.2) is 0 Å². The summed E-state index contributed by atoms with van der Waals surface area (Å²) in [6, 6.07) is 8.06. The van der Waals surface area contributed by atoms with E-state index in [2.05, 4.69) is 5.32 Å². The van der Waals surface area contributed by atoms with Crippen LogP contribution in [0.4, 0.5) is 4.79 Å². The fourth-order valence-corrected chi connectivity index (χ4v) is 2.53. The topological polar surface area (TPSA) is 108 Å². The average molecular weight is 440 g/mol. The Labute approximate surface area is 181 Å². The molecule has 1 N–H and O–H groups in total. The quantitative estimate of drug-likeness (QED) is 0.461. The Morgan fingerprint density at radius 2 is 1.63 bits per heavy atom. The summed E-state index contributed by atoms with van der Waals surface area (Å²) < 4.78 is 15.0. The SMILES string of the molecule is CC(C)C(=O)N[C@@H](CSC(=O)OCOC(=O)C(C)(C)C)C(=O)OCc1ccccc1. The Morgan fingerprint density at radius 3 is 2.20 bits per heavy atom. The van der Waals surface area contributed by atoms with Crippen molar-refractivity contribution in [3.8, 4) is 0 Å². The predicted octanol–water partition coefficient (Wildman–Crippen LogP) is 3.29. The third-order valence-corrected chi connectivity index (χ3v) is 4.55. The van der Waals surface area contributed by atoms with Crippen LogP contribution in [0.5, 0.6) is 0 Å². The number of carbonyl (C=O) groups is 4. The Morgan fingerprint density at radius 1 is 1.00 bits per heavy atom. The molecule has 0 fully saturated rings. The van der Waals surface area contributed by atoms with Crippen LogP contribution < -0.4 is 5.32 Å². The van der Waals surface area contributed by atoms with Crippen LogP contribution in [0.1, 0.15) is 40.2 Å². The molecule has 9 heteroatoms. The third kappa shape index (κ3) is 9.78. The minimum Gasteiger partial charge on any atom is -0.459 e. The largest absolute Gasteiger partial charge is 0.459 e. The number of rotatable bonds is 9. The van der Waals surface area contributed by atoms with Gasteiger partial charge in [0.05, 0.1) is 5.41 Å². The highest BCUT2D eigenvalue weighted by atomic mass is 32.2. The summed E-state index contributed by atoms with van der Waals surface area (Å²) >= 11 is 0.679. The molecule has 1 aromatic carbocycles. The Balaban J connectivity index is 2.56. The first-order chi connectivity index (χ1) is 14.0. The van der Waals surface area contributed by atoms with Gasteiger partial charge in [-0.2, -0.15) is 0 Å². The van der Waals surface area contributed by atoms with Crippen LogP contribution in [-0.4, -0.2) is 41.7 Å². The van der Waals surface area contributed by atoms with E-state index in [0.29, 0.717) is 11.8 Å². The van der Waals surface area contributed by atoms with Crippen molar-refractivity contribution < 1.29 is 33.4 Å². The molecule has 8 nitrogen and oxygen atoms in total. The number of benzene rings is 1. The van der Waals surface area contributed by atoms with Crippen molar-refractivity contribution in [3.63, 3.8) is 0 Å². The van der Waals surface area contributed by atoms with Crippen molar-refractivity contribution in [3.05, 3.63) is 35.9 Å². The molecule has 1 atom stereocenters. The van der Waals surface area contributed by atoms with E-state index >= 15 is 0 Å². The summed E-state index contributed by atoms with van der Waals surface area (Å²) in [7, 11) is 0. The van der Waals surface area contributed by atoms with Crippen molar-refractivity contribution in [2.75, 3.05) is 12.5 Å². The fourth-order valence-electron chi connectivity index (χ4n) is 1.88. The molecule has 30 heavy (non-hydrogen) atoms. The fraction of sp³-hybridized carbons (Fsp3) is 0.524. The molecule has 0 spiro atoms. The van der Waals surface area contributed by atoms with Gasteiger partial charge in [-0.05, 0) is 38.1 Å². The zero-order chi connectivity index (χ0) is 22.7. The van der Waals surface area contributed by atoms with Crippen LogP contribution in [0.25, 0.3) is 0 Å². The van der Waals surface area contributed by atoms with Gasteiger partial charge in [-0.1, -0.05) is 44.2 Å². The molecule has 1 rings (SSSR count). The molecule has 0 saturated carbocycles. The van der Waals surface area contributed by atoms with Crippen molar-refractivity contribution >= 4 is 34.9 Å². The van der Waals surface area contributed by atoms with Crippen LogP contribution in [0, 0.1) is 11.3 Å². The first-order valence-corrected chi connectivity index (χ1v) is 10.5. The van der Waals surface area contributed by atoms with Crippen molar-refractivity contribution in [1.82, 2.24) is 5.32 Å². The molecule has 1 amide bonds. The summed E-state index contributed by atoms with van der Waals surface area (Å²) in [6.45, 7) is 7.92. The lowest BCUT2D eigenvalue weighted by Gasteiger charge is -2.19. The third-order valence-electron chi connectivity index (χ3n) is 3.70. The minimum absolute atomic E-state index is 0.0472.